The Morgan fingerprint density at radius 3 is 2.69 bits per heavy atom. The Hall–Kier alpha value is -1.44. The highest BCUT2D eigenvalue weighted by molar-refractivity contribution is 7.89. The Bertz CT molecular complexity index is 736. The zero-order valence-corrected chi connectivity index (χ0v) is 16.3. The molecule has 0 bridgehead atoms. The van der Waals surface area contributed by atoms with Gasteiger partial charge in [-0.15, -0.1) is 0 Å². The highest BCUT2D eigenvalue weighted by atomic mass is 32.2. The van der Waals surface area contributed by atoms with Crippen LogP contribution in [0.5, 0.6) is 0 Å². The molecule has 6 nitrogen and oxygen atoms in total. The van der Waals surface area contributed by atoms with Crippen molar-refractivity contribution in [2.24, 2.45) is 5.92 Å². The lowest BCUT2D eigenvalue weighted by Gasteiger charge is -2.26. The Kier molecular flexibility index (Phi) is 6.32. The molecule has 3 rings (SSSR count). The second-order valence-corrected chi connectivity index (χ2v) is 9.27. The van der Waals surface area contributed by atoms with E-state index in [4.69, 9.17) is 0 Å². The van der Waals surface area contributed by atoms with Gasteiger partial charge in [0.1, 0.15) is 0 Å². The normalized spacial score (nSPS) is 22.1. The van der Waals surface area contributed by atoms with E-state index >= 15 is 0 Å². The molecule has 1 unspecified atom stereocenters. The Morgan fingerprint density at radius 1 is 1.23 bits per heavy atom. The van der Waals surface area contributed by atoms with E-state index in [1.54, 1.807) is 23.4 Å². The van der Waals surface area contributed by atoms with E-state index in [9.17, 15) is 13.2 Å². The smallest absolute Gasteiger partial charge is 0.251 e. The minimum Gasteiger partial charge on any atom is -0.352 e. The van der Waals surface area contributed by atoms with Crippen LogP contribution in [0.1, 0.15) is 48.0 Å². The van der Waals surface area contributed by atoms with Crippen LogP contribution in [-0.4, -0.2) is 51.4 Å². The van der Waals surface area contributed by atoms with Gasteiger partial charge in [0.2, 0.25) is 10.0 Å². The van der Waals surface area contributed by atoms with E-state index in [0.717, 1.165) is 45.2 Å². The number of rotatable bonds is 5. The number of aryl methyl sites for hydroxylation is 1. The summed E-state index contributed by atoms with van der Waals surface area (Å²) < 4.78 is 27.5. The third kappa shape index (κ3) is 4.45. The van der Waals surface area contributed by atoms with Gasteiger partial charge in [0.15, 0.2) is 0 Å². The molecule has 7 heteroatoms. The van der Waals surface area contributed by atoms with Crippen LogP contribution in [0.3, 0.4) is 0 Å². The van der Waals surface area contributed by atoms with Crippen molar-refractivity contribution in [2.75, 3.05) is 32.7 Å². The molecular weight excluding hydrogens is 350 g/mol. The predicted octanol–water partition coefficient (Wildman–Crippen LogP) is 1.90. The maximum atomic E-state index is 13.0. The molecule has 1 aromatic rings. The summed E-state index contributed by atoms with van der Waals surface area (Å²) in [6.07, 6.45) is 5.10. The number of carbonyl (C=O) groups excluding carboxylic acids is 1. The molecule has 0 aliphatic carbocycles. The number of sulfonamides is 1. The van der Waals surface area contributed by atoms with Gasteiger partial charge >= 0.3 is 0 Å². The fourth-order valence-corrected chi connectivity index (χ4v) is 5.47. The van der Waals surface area contributed by atoms with Crippen LogP contribution < -0.4 is 10.6 Å². The van der Waals surface area contributed by atoms with Crippen molar-refractivity contribution in [3.8, 4) is 0 Å². The number of piperidine rings is 2. The fourth-order valence-electron chi connectivity index (χ4n) is 3.70. The second kappa shape index (κ2) is 8.50. The molecule has 2 saturated heterocycles. The molecule has 2 N–H and O–H groups in total. The molecule has 1 amide bonds. The van der Waals surface area contributed by atoms with Crippen molar-refractivity contribution in [3.63, 3.8) is 0 Å². The molecule has 2 aliphatic rings. The van der Waals surface area contributed by atoms with Crippen molar-refractivity contribution in [1.29, 1.82) is 0 Å². The maximum absolute atomic E-state index is 13.0. The van der Waals surface area contributed by atoms with E-state index in [-0.39, 0.29) is 10.8 Å². The van der Waals surface area contributed by atoms with Crippen molar-refractivity contribution < 1.29 is 13.2 Å². The van der Waals surface area contributed by atoms with Crippen LogP contribution in [0.2, 0.25) is 0 Å². The lowest BCUT2D eigenvalue weighted by Crippen LogP contribution is -2.38. The van der Waals surface area contributed by atoms with Gasteiger partial charge in [0.05, 0.1) is 4.90 Å². The van der Waals surface area contributed by atoms with Crippen molar-refractivity contribution in [2.45, 2.75) is 43.9 Å². The molecule has 144 valence electrons. The Morgan fingerprint density at radius 2 is 2.00 bits per heavy atom. The van der Waals surface area contributed by atoms with E-state index in [2.05, 4.69) is 10.6 Å². The molecule has 2 heterocycles. The average Bonchev–Trinajstić information content (AvgIpc) is 2.68. The average molecular weight is 380 g/mol. The van der Waals surface area contributed by atoms with Crippen LogP contribution in [0.25, 0.3) is 0 Å². The Balaban J connectivity index is 1.73. The second-order valence-electron chi connectivity index (χ2n) is 7.37. The zero-order chi connectivity index (χ0) is 18.6. The van der Waals surface area contributed by atoms with Crippen molar-refractivity contribution in [1.82, 2.24) is 14.9 Å². The lowest BCUT2D eigenvalue weighted by atomic mass is 9.99. The van der Waals surface area contributed by atoms with Crippen LogP contribution in [0.4, 0.5) is 0 Å². The van der Waals surface area contributed by atoms with Gasteiger partial charge in [-0.1, -0.05) is 12.5 Å². The molecule has 0 saturated carbocycles. The van der Waals surface area contributed by atoms with Gasteiger partial charge in [-0.2, -0.15) is 4.31 Å². The summed E-state index contributed by atoms with van der Waals surface area (Å²) in [6, 6.07) is 4.97. The summed E-state index contributed by atoms with van der Waals surface area (Å²) in [7, 11) is -3.54. The highest BCUT2D eigenvalue weighted by Crippen LogP contribution is 2.24. The van der Waals surface area contributed by atoms with Gasteiger partial charge in [0.25, 0.3) is 5.91 Å². The third-order valence-corrected chi connectivity index (χ3v) is 7.37. The number of hydrogen-bond acceptors (Lipinski definition) is 4. The molecule has 2 aliphatic heterocycles. The first-order valence-corrected chi connectivity index (χ1v) is 11.0. The molecule has 26 heavy (non-hydrogen) atoms. The molecule has 1 aromatic carbocycles. The zero-order valence-electron chi connectivity index (χ0n) is 15.5. The highest BCUT2D eigenvalue weighted by Gasteiger charge is 2.28. The molecule has 1 atom stereocenters. The predicted molar refractivity (Wildman–Crippen MR) is 102 cm³/mol. The fraction of sp³-hybridized carbons (Fsp3) is 0.632. The van der Waals surface area contributed by atoms with Crippen LogP contribution >= 0.6 is 0 Å². The summed E-state index contributed by atoms with van der Waals surface area (Å²) in [5.74, 6) is 0.236. The first-order valence-electron chi connectivity index (χ1n) is 9.58. The summed E-state index contributed by atoms with van der Waals surface area (Å²) in [5.41, 5.74) is 1.10. The summed E-state index contributed by atoms with van der Waals surface area (Å²) in [5, 5.41) is 6.29. The number of amides is 1. The topological polar surface area (TPSA) is 78.5 Å². The van der Waals surface area contributed by atoms with Gasteiger partial charge in [-0.3, -0.25) is 4.79 Å². The maximum Gasteiger partial charge on any atom is 0.251 e. The van der Waals surface area contributed by atoms with E-state index in [1.807, 2.05) is 0 Å². The molecule has 0 spiro atoms. The number of carbonyl (C=O) groups is 1. The van der Waals surface area contributed by atoms with E-state index in [0.29, 0.717) is 36.7 Å². The number of nitrogens with one attached hydrogen (secondary N) is 2. The minimum atomic E-state index is -3.54. The van der Waals surface area contributed by atoms with Gasteiger partial charge in [-0.25, -0.2) is 8.42 Å². The molecule has 0 radical (unpaired) electrons. The first-order chi connectivity index (χ1) is 12.5. The summed E-state index contributed by atoms with van der Waals surface area (Å²) in [6.45, 7) is 5.49. The molecular formula is C19H29N3O3S. The van der Waals surface area contributed by atoms with Crippen LogP contribution in [-0.2, 0) is 10.0 Å². The van der Waals surface area contributed by atoms with Crippen LogP contribution in [0.15, 0.2) is 23.1 Å². The number of nitrogens with zero attached hydrogens (tertiary/aromatic N) is 1. The summed E-state index contributed by atoms with van der Waals surface area (Å²) in [4.78, 5) is 12.8. The van der Waals surface area contributed by atoms with E-state index < -0.39 is 10.0 Å². The standard InChI is InChI=1S/C19H29N3O3S/c1-15-7-8-17(19(23)21-14-16-6-5-9-20-13-16)12-18(15)26(24,25)22-10-3-2-4-11-22/h7-8,12,16,20H,2-6,9-11,13-14H2,1H3,(H,21,23). The van der Waals surface area contributed by atoms with Gasteiger partial charge in [-0.05, 0) is 69.3 Å². The SMILES string of the molecule is Cc1ccc(C(=O)NCC2CCCNC2)cc1S(=O)(=O)N1CCCCC1. The monoisotopic (exact) mass is 379 g/mol. The third-order valence-electron chi connectivity index (χ3n) is 5.33. The lowest BCUT2D eigenvalue weighted by molar-refractivity contribution is 0.0944. The van der Waals surface area contributed by atoms with Crippen molar-refractivity contribution >= 4 is 15.9 Å². The van der Waals surface area contributed by atoms with Crippen LogP contribution in [0, 0.1) is 12.8 Å². The largest absolute Gasteiger partial charge is 0.352 e. The number of benzene rings is 1. The van der Waals surface area contributed by atoms with Crippen molar-refractivity contribution in [3.05, 3.63) is 29.3 Å². The first kappa shape index (κ1) is 19.3. The number of hydrogen-bond donors (Lipinski definition) is 2. The van der Waals surface area contributed by atoms with Gasteiger partial charge < -0.3 is 10.6 Å². The quantitative estimate of drug-likeness (QED) is 0.819. The minimum absolute atomic E-state index is 0.203. The molecule has 2 fully saturated rings. The molecule has 0 aromatic heterocycles. The van der Waals surface area contributed by atoms with E-state index in [1.165, 1.54) is 6.07 Å². The van der Waals surface area contributed by atoms with Gasteiger partial charge in [0, 0.05) is 25.2 Å². The Labute approximate surface area is 156 Å². The summed E-state index contributed by atoms with van der Waals surface area (Å²) >= 11 is 0.